The van der Waals surface area contributed by atoms with Crippen LogP contribution >= 0.6 is 11.3 Å². The molecule has 5 nitrogen and oxygen atoms in total. The van der Waals surface area contributed by atoms with Crippen LogP contribution in [0.15, 0.2) is 79.3 Å². The number of pyridine rings is 1. The van der Waals surface area contributed by atoms with Gasteiger partial charge in [0.25, 0.3) is 0 Å². The van der Waals surface area contributed by atoms with Crippen LogP contribution in [0.4, 0.5) is 17.1 Å². The Hall–Kier alpha value is -3.64. The molecule has 3 aromatic heterocycles. The third kappa shape index (κ3) is 2.75. The van der Waals surface area contributed by atoms with Crippen LogP contribution in [0.2, 0.25) is 0 Å². The summed E-state index contributed by atoms with van der Waals surface area (Å²) in [7, 11) is 0. The predicted molar refractivity (Wildman–Crippen MR) is 125 cm³/mol. The van der Waals surface area contributed by atoms with E-state index in [1.807, 2.05) is 12.3 Å². The molecule has 0 spiro atoms. The Morgan fingerprint density at radius 2 is 1.45 bits per heavy atom. The summed E-state index contributed by atoms with van der Waals surface area (Å²) in [6, 6.07) is 21.4. The minimum absolute atomic E-state index is 0.0714. The third-order valence-electron chi connectivity index (χ3n) is 5.91. The van der Waals surface area contributed by atoms with E-state index in [-0.39, 0.29) is 5.41 Å². The lowest BCUT2D eigenvalue weighted by atomic mass is 9.73. The quantitative estimate of drug-likeness (QED) is 0.337. The number of hydrogen-bond donors (Lipinski definition) is 0. The first-order chi connectivity index (χ1) is 15.1. The number of benzene rings is 2. The number of para-hydroxylation sites is 2. The Morgan fingerprint density at radius 3 is 2.10 bits per heavy atom. The number of nitrogens with zero attached hydrogens (tertiary/aromatic N) is 5. The van der Waals surface area contributed by atoms with Gasteiger partial charge in [-0.05, 0) is 35.4 Å². The zero-order valence-electron chi connectivity index (χ0n) is 17.1. The van der Waals surface area contributed by atoms with Crippen molar-refractivity contribution >= 4 is 38.9 Å². The Balaban J connectivity index is 1.47. The maximum atomic E-state index is 4.75. The third-order valence-corrected chi connectivity index (χ3v) is 6.88. The molecule has 0 saturated heterocycles. The first kappa shape index (κ1) is 18.2. The fourth-order valence-corrected chi connectivity index (χ4v) is 5.22. The van der Waals surface area contributed by atoms with Gasteiger partial charge in [0.1, 0.15) is 5.01 Å². The van der Waals surface area contributed by atoms with Crippen molar-refractivity contribution < 1.29 is 0 Å². The van der Waals surface area contributed by atoms with Crippen LogP contribution in [0.5, 0.6) is 0 Å². The minimum atomic E-state index is -0.0714. The van der Waals surface area contributed by atoms with Crippen LogP contribution in [0.1, 0.15) is 25.0 Å². The van der Waals surface area contributed by atoms with Crippen LogP contribution in [0, 0.1) is 0 Å². The van der Waals surface area contributed by atoms with Crippen molar-refractivity contribution in [2.45, 2.75) is 19.3 Å². The lowest BCUT2D eigenvalue weighted by molar-refractivity contribution is 0.632. The number of hydrogen-bond acceptors (Lipinski definition) is 6. The molecule has 0 aliphatic carbocycles. The average Bonchev–Trinajstić information content (AvgIpc) is 3.24. The first-order valence-corrected chi connectivity index (χ1v) is 11.0. The Bertz CT molecular complexity index is 1340. The summed E-state index contributed by atoms with van der Waals surface area (Å²) >= 11 is 1.51. The molecule has 0 unspecified atom stereocenters. The molecule has 0 fully saturated rings. The molecular formula is C25H19N5S. The normalized spacial score (nSPS) is 14.3. The van der Waals surface area contributed by atoms with Crippen molar-refractivity contribution in [2.75, 3.05) is 4.90 Å². The van der Waals surface area contributed by atoms with Gasteiger partial charge in [0.15, 0.2) is 10.5 Å². The fraction of sp³-hybridized carbons (Fsp3) is 0.120. The molecule has 31 heavy (non-hydrogen) atoms. The number of aromatic nitrogens is 4. The van der Waals surface area contributed by atoms with E-state index in [1.165, 1.54) is 33.8 Å². The fourth-order valence-electron chi connectivity index (χ4n) is 4.38. The molecule has 0 amide bonds. The Kier molecular flexibility index (Phi) is 3.91. The summed E-state index contributed by atoms with van der Waals surface area (Å²) in [6.45, 7) is 4.58. The smallest absolute Gasteiger partial charge is 0.190 e. The molecule has 1 aliphatic rings. The zero-order chi connectivity index (χ0) is 21.0. The second-order valence-electron chi connectivity index (χ2n) is 8.10. The van der Waals surface area contributed by atoms with Crippen LogP contribution in [-0.4, -0.2) is 19.9 Å². The summed E-state index contributed by atoms with van der Waals surface area (Å²) in [5, 5.41) is 0.827. The van der Waals surface area contributed by atoms with Gasteiger partial charge in [-0.2, -0.15) is 0 Å². The van der Waals surface area contributed by atoms with E-state index in [1.54, 1.807) is 12.4 Å². The Labute approximate surface area is 184 Å². The largest absolute Gasteiger partial charge is 0.308 e. The molecule has 0 atom stereocenters. The van der Waals surface area contributed by atoms with Crippen LogP contribution < -0.4 is 4.90 Å². The van der Waals surface area contributed by atoms with Crippen molar-refractivity contribution in [1.29, 1.82) is 0 Å². The van der Waals surface area contributed by atoms with Gasteiger partial charge in [-0.25, -0.2) is 15.0 Å². The summed E-state index contributed by atoms with van der Waals surface area (Å²) < 4.78 is 0. The van der Waals surface area contributed by atoms with Gasteiger partial charge < -0.3 is 4.90 Å². The molecule has 5 aromatic rings. The van der Waals surface area contributed by atoms with Crippen molar-refractivity contribution in [3.63, 3.8) is 0 Å². The highest BCUT2D eigenvalue weighted by molar-refractivity contribution is 7.21. The SMILES string of the molecule is CC1(C)c2ccccc2N(c2ccc(-c3nc4nccnc4s3)nc2)c2ccccc21. The maximum absolute atomic E-state index is 4.75. The van der Waals surface area contributed by atoms with Gasteiger partial charge in [0.05, 0.1) is 29.0 Å². The van der Waals surface area contributed by atoms with Gasteiger partial charge in [0.2, 0.25) is 0 Å². The first-order valence-electron chi connectivity index (χ1n) is 10.2. The number of fused-ring (bicyclic) bond motifs is 3. The van der Waals surface area contributed by atoms with E-state index in [0.717, 1.165) is 21.2 Å². The average molecular weight is 422 g/mol. The number of thiazole rings is 1. The number of rotatable bonds is 2. The van der Waals surface area contributed by atoms with E-state index in [2.05, 4.69) is 88.3 Å². The zero-order valence-corrected chi connectivity index (χ0v) is 18.0. The molecule has 0 radical (unpaired) electrons. The van der Waals surface area contributed by atoms with E-state index in [4.69, 9.17) is 4.98 Å². The standard InChI is InChI=1S/C25H19N5S/c1-25(2)17-7-3-5-9-20(17)30(21-10-6-4-8-18(21)25)16-11-12-19(28-15-16)23-29-22-24(31-23)27-14-13-26-22/h3-15H,1-2H3. The molecule has 0 N–H and O–H groups in total. The van der Waals surface area contributed by atoms with Crippen molar-refractivity contribution in [3.8, 4) is 10.7 Å². The highest BCUT2D eigenvalue weighted by Gasteiger charge is 2.36. The second kappa shape index (κ2) is 6.68. The minimum Gasteiger partial charge on any atom is -0.308 e. The Morgan fingerprint density at radius 1 is 0.774 bits per heavy atom. The van der Waals surface area contributed by atoms with Gasteiger partial charge in [-0.15, -0.1) is 0 Å². The molecule has 4 heterocycles. The lowest BCUT2D eigenvalue weighted by Gasteiger charge is -2.41. The predicted octanol–water partition coefficient (Wildman–Crippen LogP) is 6.26. The molecule has 6 heteroatoms. The molecule has 0 saturated carbocycles. The van der Waals surface area contributed by atoms with Crippen LogP contribution in [0.25, 0.3) is 21.2 Å². The van der Waals surface area contributed by atoms with Crippen molar-refractivity contribution in [3.05, 3.63) is 90.4 Å². The van der Waals surface area contributed by atoms with Gasteiger partial charge in [0, 0.05) is 17.8 Å². The molecule has 1 aliphatic heterocycles. The summed E-state index contributed by atoms with van der Waals surface area (Å²) in [6.07, 6.45) is 5.27. The van der Waals surface area contributed by atoms with Crippen molar-refractivity contribution in [1.82, 2.24) is 19.9 Å². The van der Waals surface area contributed by atoms with E-state index >= 15 is 0 Å². The molecule has 0 bridgehead atoms. The van der Waals surface area contributed by atoms with Crippen molar-refractivity contribution in [2.24, 2.45) is 0 Å². The van der Waals surface area contributed by atoms with Gasteiger partial charge in [-0.1, -0.05) is 61.6 Å². The molecule has 150 valence electrons. The number of anilines is 3. The molecular weight excluding hydrogens is 402 g/mol. The molecule has 6 rings (SSSR count). The highest BCUT2D eigenvalue weighted by atomic mass is 32.1. The summed E-state index contributed by atoms with van der Waals surface area (Å²) in [5.41, 5.74) is 7.43. The van der Waals surface area contributed by atoms with E-state index < -0.39 is 0 Å². The summed E-state index contributed by atoms with van der Waals surface area (Å²) in [5.74, 6) is 0. The molecule has 2 aromatic carbocycles. The van der Waals surface area contributed by atoms with Gasteiger partial charge in [-0.3, -0.25) is 4.98 Å². The maximum Gasteiger partial charge on any atom is 0.190 e. The van der Waals surface area contributed by atoms with Gasteiger partial charge >= 0.3 is 0 Å². The lowest BCUT2D eigenvalue weighted by Crippen LogP contribution is -2.30. The topological polar surface area (TPSA) is 54.8 Å². The highest BCUT2D eigenvalue weighted by Crippen LogP contribution is 2.51. The van der Waals surface area contributed by atoms with Crippen LogP contribution in [-0.2, 0) is 5.41 Å². The van der Waals surface area contributed by atoms with Crippen LogP contribution in [0.3, 0.4) is 0 Å². The summed E-state index contributed by atoms with van der Waals surface area (Å²) in [4.78, 5) is 21.1. The monoisotopic (exact) mass is 421 g/mol. The van der Waals surface area contributed by atoms with E-state index in [9.17, 15) is 0 Å². The van der Waals surface area contributed by atoms with E-state index in [0.29, 0.717) is 5.65 Å². The second-order valence-corrected chi connectivity index (χ2v) is 9.08.